The van der Waals surface area contributed by atoms with E-state index >= 15 is 0 Å². The summed E-state index contributed by atoms with van der Waals surface area (Å²) >= 11 is 5.00. The first-order valence-corrected chi connectivity index (χ1v) is 7.04. The van der Waals surface area contributed by atoms with Crippen molar-refractivity contribution in [3.05, 3.63) is 29.8 Å². The maximum atomic E-state index is 8.81. The van der Waals surface area contributed by atoms with Crippen LogP contribution in [0.3, 0.4) is 0 Å². The molecule has 0 fully saturated rings. The van der Waals surface area contributed by atoms with Gasteiger partial charge in [0.05, 0.1) is 0 Å². The summed E-state index contributed by atoms with van der Waals surface area (Å²) < 4.78 is 0. The van der Waals surface area contributed by atoms with Gasteiger partial charge in [-0.05, 0) is 24.6 Å². The molecule has 1 aromatic carbocycles. The zero-order valence-corrected chi connectivity index (χ0v) is 9.00. The summed E-state index contributed by atoms with van der Waals surface area (Å²) in [6.45, 7) is 1.94. The molecule has 2 radical (unpaired) electrons. The van der Waals surface area contributed by atoms with Crippen LogP contribution in [0.2, 0.25) is 0 Å². The van der Waals surface area contributed by atoms with E-state index in [1.165, 1.54) is 0 Å². The first-order valence-electron chi connectivity index (χ1n) is 2.71. The summed E-state index contributed by atoms with van der Waals surface area (Å²) in [6, 6.07) is 7.15. The van der Waals surface area contributed by atoms with E-state index in [2.05, 4.69) is 28.4 Å². The Morgan fingerprint density at radius 3 is 2.20 bits per heavy atom. The SMILES string of the molecule is Cc1cccc(O)c1.[Se][Se]. The third kappa shape index (κ3) is 3.97. The quantitative estimate of drug-likeness (QED) is 0.693. The molecule has 10 heavy (non-hydrogen) atoms. The van der Waals surface area contributed by atoms with Crippen molar-refractivity contribution < 1.29 is 5.11 Å². The molecule has 0 aromatic heterocycles. The van der Waals surface area contributed by atoms with Crippen LogP contribution in [0.25, 0.3) is 0 Å². The molecule has 1 aromatic rings. The van der Waals surface area contributed by atoms with Crippen LogP contribution in [0.5, 0.6) is 5.75 Å². The van der Waals surface area contributed by atoms with Crippen LogP contribution in [0.1, 0.15) is 5.56 Å². The molecule has 1 rings (SSSR count). The van der Waals surface area contributed by atoms with Crippen molar-refractivity contribution in [1.29, 1.82) is 0 Å². The van der Waals surface area contributed by atoms with Gasteiger partial charge in [-0.3, -0.25) is 0 Å². The van der Waals surface area contributed by atoms with Crippen LogP contribution in [0.4, 0.5) is 0 Å². The molecule has 1 nitrogen and oxygen atoms in total. The Kier molecular flexibility index (Phi) is 5.85. The minimum atomic E-state index is 0.338. The van der Waals surface area contributed by atoms with Crippen LogP contribution in [0, 0.1) is 6.92 Å². The number of rotatable bonds is 0. The number of phenols is 1. The van der Waals surface area contributed by atoms with Gasteiger partial charge in [-0.1, -0.05) is 12.1 Å². The van der Waals surface area contributed by atoms with E-state index in [0.717, 1.165) is 5.56 Å². The molecule has 0 aliphatic carbocycles. The van der Waals surface area contributed by atoms with Crippen molar-refractivity contribution in [1.82, 2.24) is 0 Å². The van der Waals surface area contributed by atoms with E-state index < -0.39 is 0 Å². The van der Waals surface area contributed by atoms with E-state index in [9.17, 15) is 0 Å². The predicted octanol–water partition coefficient (Wildman–Crippen LogP) is 0.939. The van der Waals surface area contributed by atoms with Crippen molar-refractivity contribution in [2.24, 2.45) is 0 Å². The Bertz CT molecular complexity index is 171. The second-order valence-electron chi connectivity index (χ2n) is 1.84. The number of aromatic hydroxyl groups is 1. The standard InChI is InChI=1S/C7H8O.Se2/c1-6-3-2-4-7(8)5-6;1-2/h2-5,8H,1H3;. The Morgan fingerprint density at radius 2 is 1.90 bits per heavy atom. The van der Waals surface area contributed by atoms with Crippen molar-refractivity contribution in [3.63, 3.8) is 0 Å². The van der Waals surface area contributed by atoms with Crippen LogP contribution in [-0.2, 0) is 0 Å². The number of hydrogen-bond donors (Lipinski definition) is 1. The van der Waals surface area contributed by atoms with Gasteiger partial charge < -0.3 is 5.11 Å². The fourth-order valence-electron chi connectivity index (χ4n) is 0.628. The molecule has 0 amide bonds. The zero-order valence-electron chi connectivity index (χ0n) is 5.57. The molecule has 0 bridgehead atoms. The predicted molar refractivity (Wildman–Crippen MR) is 44.4 cm³/mol. The van der Waals surface area contributed by atoms with Crippen molar-refractivity contribution in [3.8, 4) is 5.75 Å². The summed E-state index contributed by atoms with van der Waals surface area (Å²) in [5.74, 6) is 0.338. The Balaban J connectivity index is 0.000000371. The summed E-state index contributed by atoms with van der Waals surface area (Å²) in [4.78, 5) is 0. The number of phenolic OH excluding ortho intramolecular Hbond substituents is 1. The van der Waals surface area contributed by atoms with Gasteiger partial charge in [-0.15, -0.1) is 0 Å². The van der Waals surface area contributed by atoms with Crippen LogP contribution in [-0.4, -0.2) is 33.5 Å². The molecule has 1 N–H and O–H groups in total. The van der Waals surface area contributed by atoms with Gasteiger partial charge in [0.25, 0.3) is 0 Å². The first kappa shape index (κ1) is 10.1. The summed E-state index contributed by atoms with van der Waals surface area (Å²) in [5, 5.41) is 8.81. The van der Waals surface area contributed by atoms with Crippen LogP contribution < -0.4 is 0 Å². The molecule has 0 saturated heterocycles. The molecule has 0 saturated carbocycles. The number of benzene rings is 1. The zero-order chi connectivity index (χ0) is 7.98. The molecule has 3 heteroatoms. The van der Waals surface area contributed by atoms with E-state index in [1.807, 2.05) is 19.1 Å². The summed E-state index contributed by atoms with van der Waals surface area (Å²) in [5.41, 5.74) is 1.09. The fraction of sp³-hybridized carbons (Fsp3) is 0.143. The van der Waals surface area contributed by atoms with Crippen molar-refractivity contribution in [2.75, 3.05) is 0 Å². The van der Waals surface area contributed by atoms with Gasteiger partial charge in [0.15, 0.2) is 0 Å². The normalized spacial score (nSPS) is 7.90. The number of hydrogen-bond acceptors (Lipinski definition) is 1. The van der Waals surface area contributed by atoms with E-state index in [4.69, 9.17) is 5.11 Å². The Labute approximate surface area is 76.0 Å². The van der Waals surface area contributed by atoms with Gasteiger partial charge in [0.1, 0.15) is 5.75 Å². The molecular formula is C7H8OSe2. The minimum absolute atomic E-state index is 0.338. The second-order valence-corrected chi connectivity index (χ2v) is 1.84. The molecule has 0 unspecified atom stereocenters. The fourth-order valence-corrected chi connectivity index (χ4v) is 0.628. The van der Waals surface area contributed by atoms with Crippen LogP contribution in [0.15, 0.2) is 24.3 Å². The third-order valence-corrected chi connectivity index (χ3v) is 1.00. The molecular weight excluding hydrogens is 258 g/mol. The Hall–Kier alpha value is 0.0590. The monoisotopic (exact) mass is 268 g/mol. The Morgan fingerprint density at radius 1 is 1.30 bits per heavy atom. The number of aryl methyl sites for hydroxylation is 1. The molecule has 0 atom stereocenters. The maximum absolute atomic E-state index is 8.81. The average Bonchev–Trinajstić information content (AvgIpc) is 1.91. The molecule has 0 aliphatic heterocycles. The van der Waals surface area contributed by atoms with Gasteiger partial charge >= 0.3 is 28.4 Å². The van der Waals surface area contributed by atoms with E-state index in [0.29, 0.717) is 5.75 Å². The van der Waals surface area contributed by atoms with Gasteiger partial charge in [0.2, 0.25) is 0 Å². The molecule has 0 aliphatic rings. The summed E-state index contributed by atoms with van der Waals surface area (Å²) in [6.07, 6.45) is 0. The van der Waals surface area contributed by atoms with E-state index in [-0.39, 0.29) is 0 Å². The average molecular weight is 266 g/mol. The molecule has 54 valence electrons. The van der Waals surface area contributed by atoms with Gasteiger partial charge in [-0.2, -0.15) is 0 Å². The van der Waals surface area contributed by atoms with Crippen molar-refractivity contribution >= 4 is 28.4 Å². The molecule has 0 heterocycles. The summed E-state index contributed by atoms with van der Waals surface area (Å²) in [7, 11) is 0. The van der Waals surface area contributed by atoms with Gasteiger partial charge in [0, 0.05) is 0 Å². The first-order chi connectivity index (χ1) is 4.79. The van der Waals surface area contributed by atoms with E-state index in [1.54, 1.807) is 12.1 Å². The molecule has 0 spiro atoms. The van der Waals surface area contributed by atoms with Crippen LogP contribution >= 0.6 is 0 Å². The third-order valence-electron chi connectivity index (χ3n) is 1.00. The van der Waals surface area contributed by atoms with Crippen molar-refractivity contribution in [2.45, 2.75) is 6.92 Å². The van der Waals surface area contributed by atoms with Gasteiger partial charge in [-0.25, -0.2) is 0 Å². The second kappa shape index (κ2) is 5.81. The topological polar surface area (TPSA) is 20.2 Å².